The molecule has 1 heterocycles. The van der Waals surface area contributed by atoms with Crippen LogP contribution in [-0.4, -0.2) is 32.0 Å². The number of hydrogen-bond acceptors (Lipinski definition) is 4. The van der Waals surface area contributed by atoms with E-state index < -0.39 is 5.60 Å². The SMILES string of the molecule is COc1ccc(C2(O)CCOC(C(C)C)C2)cc1OC. The molecule has 20 heavy (non-hydrogen) atoms. The summed E-state index contributed by atoms with van der Waals surface area (Å²) in [4.78, 5) is 0. The van der Waals surface area contributed by atoms with E-state index in [-0.39, 0.29) is 6.10 Å². The molecule has 1 aromatic carbocycles. The Labute approximate surface area is 120 Å². The van der Waals surface area contributed by atoms with Crippen molar-refractivity contribution in [1.82, 2.24) is 0 Å². The number of hydrogen-bond donors (Lipinski definition) is 1. The summed E-state index contributed by atoms with van der Waals surface area (Å²) >= 11 is 0. The minimum atomic E-state index is -0.854. The van der Waals surface area contributed by atoms with Crippen LogP contribution < -0.4 is 9.47 Å². The van der Waals surface area contributed by atoms with Crippen molar-refractivity contribution >= 4 is 0 Å². The van der Waals surface area contributed by atoms with Crippen molar-refractivity contribution in [2.24, 2.45) is 5.92 Å². The zero-order chi connectivity index (χ0) is 14.8. The van der Waals surface area contributed by atoms with Crippen LogP contribution in [0.5, 0.6) is 11.5 Å². The lowest BCUT2D eigenvalue weighted by Crippen LogP contribution is -2.40. The summed E-state index contributed by atoms with van der Waals surface area (Å²) < 4.78 is 16.3. The first kappa shape index (κ1) is 15.1. The van der Waals surface area contributed by atoms with E-state index in [1.807, 2.05) is 18.2 Å². The van der Waals surface area contributed by atoms with Crippen LogP contribution in [0.25, 0.3) is 0 Å². The van der Waals surface area contributed by atoms with Gasteiger partial charge in [-0.3, -0.25) is 0 Å². The fraction of sp³-hybridized carbons (Fsp3) is 0.625. The summed E-state index contributed by atoms with van der Waals surface area (Å²) in [6, 6.07) is 5.61. The Morgan fingerprint density at radius 1 is 1.25 bits per heavy atom. The molecule has 1 aromatic rings. The van der Waals surface area contributed by atoms with Crippen LogP contribution in [0.15, 0.2) is 18.2 Å². The molecule has 0 aliphatic carbocycles. The zero-order valence-electron chi connectivity index (χ0n) is 12.7. The molecule has 0 amide bonds. The maximum atomic E-state index is 11.0. The summed E-state index contributed by atoms with van der Waals surface area (Å²) in [7, 11) is 3.21. The third kappa shape index (κ3) is 2.91. The van der Waals surface area contributed by atoms with Gasteiger partial charge in [-0.1, -0.05) is 19.9 Å². The quantitative estimate of drug-likeness (QED) is 0.921. The topological polar surface area (TPSA) is 47.9 Å². The van der Waals surface area contributed by atoms with Crippen molar-refractivity contribution in [3.8, 4) is 11.5 Å². The highest BCUT2D eigenvalue weighted by Gasteiger charge is 2.38. The average Bonchev–Trinajstić information content (AvgIpc) is 2.46. The van der Waals surface area contributed by atoms with E-state index in [4.69, 9.17) is 14.2 Å². The summed E-state index contributed by atoms with van der Waals surface area (Å²) in [5, 5.41) is 11.0. The standard InChI is InChI=1S/C16H24O4/c1-11(2)15-10-16(17,7-8-20-15)12-5-6-13(18-3)14(9-12)19-4/h5-6,9,11,15,17H,7-8,10H2,1-4H3. The molecule has 1 aliphatic heterocycles. The van der Waals surface area contributed by atoms with Gasteiger partial charge < -0.3 is 19.3 Å². The lowest BCUT2D eigenvalue weighted by molar-refractivity contribution is -0.121. The molecular formula is C16H24O4. The molecule has 1 aliphatic rings. The van der Waals surface area contributed by atoms with Gasteiger partial charge in [0, 0.05) is 12.8 Å². The maximum Gasteiger partial charge on any atom is 0.161 e. The van der Waals surface area contributed by atoms with E-state index >= 15 is 0 Å². The van der Waals surface area contributed by atoms with E-state index in [9.17, 15) is 5.11 Å². The van der Waals surface area contributed by atoms with Crippen LogP contribution in [0.4, 0.5) is 0 Å². The Kier molecular flexibility index (Phi) is 4.55. The fourth-order valence-electron chi connectivity index (χ4n) is 2.69. The van der Waals surface area contributed by atoms with E-state index in [1.165, 1.54) is 0 Å². The molecule has 0 radical (unpaired) electrons. The van der Waals surface area contributed by atoms with Gasteiger partial charge in [-0.15, -0.1) is 0 Å². The molecule has 4 nitrogen and oxygen atoms in total. The Balaban J connectivity index is 2.29. The predicted octanol–water partition coefficient (Wildman–Crippen LogP) is 2.73. The first-order valence-electron chi connectivity index (χ1n) is 7.06. The van der Waals surface area contributed by atoms with Gasteiger partial charge in [0.2, 0.25) is 0 Å². The van der Waals surface area contributed by atoms with Crippen molar-refractivity contribution in [3.63, 3.8) is 0 Å². The van der Waals surface area contributed by atoms with Crippen LogP contribution in [0, 0.1) is 5.92 Å². The Morgan fingerprint density at radius 3 is 2.55 bits per heavy atom. The summed E-state index contributed by atoms with van der Waals surface area (Å²) in [6.07, 6.45) is 1.30. The second-order valence-corrected chi connectivity index (χ2v) is 5.71. The fourth-order valence-corrected chi connectivity index (χ4v) is 2.69. The van der Waals surface area contributed by atoms with Crippen molar-refractivity contribution in [3.05, 3.63) is 23.8 Å². The zero-order valence-corrected chi connectivity index (χ0v) is 12.7. The highest BCUT2D eigenvalue weighted by atomic mass is 16.5. The second-order valence-electron chi connectivity index (χ2n) is 5.71. The molecule has 2 atom stereocenters. The number of aliphatic hydroxyl groups is 1. The Morgan fingerprint density at radius 2 is 1.95 bits per heavy atom. The molecule has 2 unspecified atom stereocenters. The Bertz CT molecular complexity index is 458. The van der Waals surface area contributed by atoms with Gasteiger partial charge in [-0.2, -0.15) is 0 Å². The first-order valence-corrected chi connectivity index (χ1v) is 7.06. The van der Waals surface area contributed by atoms with Gasteiger partial charge in [0.15, 0.2) is 11.5 Å². The minimum absolute atomic E-state index is 0.0850. The predicted molar refractivity (Wildman–Crippen MR) is 77.3 cm³/mol. The molecular weight excluding hydrogens is 256 g/mol. The molecule has 1 fully saturated rings. The highest BCUT2D eigenvalue weighted by Crippen LogP contribution is 2.40. The lowest BCUT2D eigenvalue weighted by atomic mass is 9.81. The molecule has 2 rings (SSSR count). The minimum Gasteiger partial charge on any atom is -0.493 e. The van der Waals surface area contributed by atoms with E-state index in [0.717, 1.165) is 5.56 Å². The third-order valence-corrected chi connectivity index (χ3v) is 4.05. The van der Waals surface area contributed by atoms with Gasteiger partial charge in [0.1, 0.15) is 0 Å². The van der Waals surface area contributed by atoms with Crippen molar-refractivity contribution in [2.45, 2.75) is 38.4 Å². The molecule has 0 bridgehead atoms. The first-order chi connectivity index (χ1) is 9.50. The lowest BCUT2D eigenvalue weighted by Gasteiger charge is -2.39. The molecule has 0 saturated carbocycles. The van der Waals surface area contributed by atoms with Gasteiger partial charge >= 0.3 is 0 Å². The maximum absolute atomic E-state index is 11.0. The number of methoxy groups -OCH3 is 2. The van der Waals surface area contributed by atoms with Crippen LogP contribution in [0.2, 0.25) is 0 Å². The molecule has 112 valence electrons. The second kappa shape index (κ2) is 6.02. The van der Waals surface area contributed by atoms with E-state index in [2.05, 4.69) is 13.8 Å². The third-order valence-electron chi connectivity index (χ3n) is 4.05. The van der Waals surface area contributed by atoms with Crippen LogP contribution in [0.1, 0.15) is 32.3 Å². The Hall–Kier alpha value is -1.26. The summed E-state index contributed by atoms with van der Waals surface area (Å²) in [5.74, 6) is 1.71. The summed E-state index contributed by atoms with van der Waals surface area (Å²) in [5.41, 5.74) is 0.0105. The normalized spacial score (nSPS) is 26.6. The van der Waals surface area contributed by atoms with Crippen molar-refractivity contribution < 1.29 is 19.3 Å². The summed E-state index contributed by atoms with van der Waals surface area (Å²) in [6.45, 7) is 4.81. The van der Waals surface area contributed by atoms with Crippen molar-refractivity contribution in [2.75, 3.05) is 20.8 Å². The molecule has 1 saturated heterocycles. The van der Waals surface area contributed by atoms with Gasteiger partial charge in [-0.25, -0.2) is 0 Å². The number of rotatable bonds is 4. The van der Waals surface area contributed by atoms with Crippen molar-refractivity contribution in [1.29, 1.82) is 0 Å². The molecule has 0 aromatic heterocycles. The van der Waals surface area contributed by atoms with Gasteiger partial charge in [0.25, 0.3) is 0 Å². The highest BCUT2D eigenvalue weighted by molar-refractivity contribution is 5.44. The molecule has 1 N–H and O–H groups in total. The smallest absolute Gasteiger partial charge is 0.161 e. The van der Waals surface area contributed by atoms with Crippen LogP contribution in [0.3, 0.4) is 0 Å². The van der Waals surface area contributed by atoms with Crippen LogP contribution in [-0.2, 0) is 10.3 Å². The van der Waals surface area contributed by atoms with Gasteiger partial charge in [0.05, 0.1) is 32.5 Å². The van der Waals surface area contributed by atoms with E-state index in [1.54, 1.807) is 14.2 Å². The largest absolute Gasteiger partial charge is 0.493 e. The average molecular weight is 280 g/mol. The van der Waals surface area contributed by atoms with Gasteiger partial charge in [-0.05, 0) is 23.6 Å². The number of benzene rings is 1. The van der Waals surface area contributed by atoms with Crippen LogP contribution >= 0.6 is 0 Å². The monoisotopic (exact) mass is 280 g/mol. The van der Waals surface area contributed by atoms with E-state index in [0.29, 0.717) is 36.9 Å². The number of ether oxygens (including phenoxy) is 3. The molecule has 4 heteroatoms. The molecule has 0 spiro atoms.